The number of nitrogens with one attached hydrogen (secondary N) is 1. The third-order valence-electron chi connectivity index (χ3n) is 5.60. The van der Waals surface area contributed by atoms with Crippen LogP contribution in [0.5, 0.6) is 5.75 Å². The molecule has 160 valence electrons. The lowest BCUT2D eigenvalue weighted by atomic mass is 10.0. The molecule has 0 radical (unpaired) electrons. The Labute approximate surface area is 173 Å². The fourth-order valence-electron chi connectivity index (χ4n) is 4.37. The molecule has 2 heterocycles. The SMILES string of the molecule is CCCC(c1nc2ccc(OC)cc2c(=O)n1CCOC)N1CC(C)NC(C)C1. The van der Waals surface area contributed by atoms with Crippen molar-refractivity contribution in [1.82, 2.24) is 19.8 Å². The van der Waals surface area contributed by atoms with Crippen molar-refractivity contribution in [3.05, 3.63) is 34.4 Å². The Balaban J connectivity index is 2.13. The molecule has 7 nitrogen and oxygen atoms in total. The van der Waals surface area contributed by atoms with Gasteiger partial charge in [0.1, 0.15) is 11.6 Å². The molecule has 1 aliphatic heterocycles. The zero-order chi connectivity index (χ0) is 21.0. The summed E-state index contributed by atoms with van der Waals surface area (Å²) in [6.07, 6.45) is 1.98. The lowest BCUT2D eigenvalue weighted by molar-refractivity contribution is 0.106. The van der Waals surface area contributed by atoms with E-state index in [0.717, 1.165) is 37.3 Å². The van der Waals surface area contributed by atoms with Crippen molar-refractivity contribution in [3.8, 4) is 5.75 Å². The van der Waals surface area contributed by atoms with Crippen molar-refractivity contribution in [2.45, 2.75) is 58.3 Å². The van der Waals surface area contributed by atoms with E-state index < -0.39 is 0 Å². The zero-order valence-corrected chi connectivity index (χ0v) is 18.3. The molecule has 2 aromatic rings. The molecule has 3 atom stereocenters. The van der Waals surface area contributed by atoms with E-state index in [1.165, 1.54) is 0 Å². The first kappa shape index (κ1) is 21.7. The van der Waals surface area contributed by atoms with E-state index in [1.807, 2.05) is 16.7 Å². The van der Waals surface area contributed by atoms with E-state index in [2.05, 4.69) is 31.0 Å². The van der Waals surface area contributed by atoms with Crippen LogP contribution < -0.4 is 15.6 Å². The first-order chi connectivity index (χ1) is 14.0. The Bertz CT molecular complexity index is 872. The van der Waals surface area contributed by atoms with Crippen LogP contribution in [0.4, 0.5) is 0 Å². The predicted octanol–water partition coefficient (Wildman–Crippen LogP) is 2.57. The van der Waals surface area contributed by atoms with Gasteiger partial charge in [0.25, 0.3) is 5.56 Å². The molecular formula is C22H34N4O3. The summed E-state index contributed by atoms with van der Waals surface area (Å²) in [7, 11) is 3.27. The van der Waals surface area contributed by atoms with Crippen LogP contribution in [0.25, 0.3) is 10.9 Å². The third kappa shape index (κ3) is 4.79. The fourth-order valence-corrected chi connectivity index (χ4v) is 4.37. The number of methoxy groups -OCH3 is 2. The Hall–Kier alpha value is -1.96. The van der Waals surface area contributed by atoms with Crippen LogP contribution in [0.2, 0.25) is 0 Å². The van der Waals surface area contributed by atoms with Gasteiger partial charge in [0.2, 0.25) is 0 Å². The molecule has 1 aromatic carbocycles. The third-order valence-corrected chi connectivity index (χ3v) is 5.60. The van der Waals surface area contributed by atoms with Crippen LogP contribution in [0.15, 0.2) is 23.0 Å². The standard InChI is InChI=1S/C22H34N4O3/c1-6-7-20(25-13-15(2)23-16(3)14-25)21-24-19-9-8-17(29-5)12-18(19)22(27)26(21)10-11-28-4/h8-9,12,15-16,20,23H,6-7,10-11,13-14H2,1-5H3. The lowest BCUT2D eigenvalue weighted by Gasteiger charge is -2.41. The number of nitrogens with zero attached hydrogens (tertiary/aromatic N) is 3. The van der Waals surface area contributed by atoms with E-state index in [1.54, 1.807) is 20.3 Å². The molecule has 1 aromatic heterocycles. The van der Waals surface area contributed by atoms with Crippen LogP contribution in [0, 0.1) is 0 Å². The van der Waals surface area contributed by atoms with Crippen molar-refractivity contribution in [1.29, 1.82) is 0 Å². The van der Waals surface area contributed by atoms with Gasteiger partial charge in [-0.25, -0.2) is 4.98 Å². The van der Waals surface area contributed by atoms with E-state index in [4.69, 9.17) is 14.5 Å². The van der Waals surface area contributed by atoms with Gasteiger partial charge in [0.05, 0.1) is 37.2 Å². The van der Waals surface area contributed by atoms with Gasteiger partial charge in [-0.1, -0.05) is 13.3 Å². The Morgan fingerprint density at radius 3 is 2.59 bits per heavy atom. The van der Waals surface area contributed by atoms with Gasteiger partial charge in [0, 0.05) is 32.3 Å². The second kappa shape index (κ2) is 9.69. The highest BCUT2D eigenvalue weighted by Crippen LogP contribution is 2.28. The molecular weight excluding hydrogens is 368 g/mol. The molecule has 0 aliphatic carbocycles. The minimum Gasteiger partial charge on any atom is -0.497 e. The zero-order valence-electron chi connectivity index (χ0n) is 18.3. The smallest absolute Gasteiger partial charge is 0.261 e. The van der Waals surface area contributed by atoms with Gasteiger partial charge in [-0.2, -0.15) is 0 Å². The second-order valence-electron chi connectivity index (χ2n) is 8.03. The van der Waals surface area contributed by atoms with Gasteiger partial charge in [-0.05, 0) is 38.5 Å². The number of fused-ring (bicyclic) bond motifs is 1. The summed E-state index contributed by atoms with van der Waals surface area (Å²) in [5, 5.41) is 4.18. The number of ether oxygens (including phenoxy) is 2. The molecule has 0 amide bonds. The number of piperazine rings is 1. The molecule has 7 heteroatoms. The summed E-state index contributed by atoms with van der Waals surface area (Å²) < 4.78 is 12.4. The first-order valence-corrected chi connectivity index (χ1v) is 10.6. The van der Waals surface area contributed by atoms with Crippen molar-refractivity contribution in [3.63, 3.8) is 0 Å². The fraction of sp³-hybridized carbons (Fsp3) is 0.636. The van der Waals surface area contributed by atoms with Crippen molar-refractivity contribution in [2.24, 2.45) is 0 Å². The van der Waals surface area contributed by atoms with E-state index in [9.17, 15) is 4.79 Å². The Morgan fingerprint density at radius 1 is 1.24 bits per heavy atom. The number of hydrogen-bond acceptors (Lipinski definition) is 6. The van der Waals surface area contributed by atoms with E-state index >= 15 is 0 Å². The van der Waals surface area contributed by atoms with Gasteiger partial charge in [-0.3, -0.25) is 14.3 Å². The van der Waals surface area contributed by atoms with Gasteiger partial charge in [-0.15, -0.1) is 0 Å². The molecule has 0 spiro atoms. The summed E-state index contributed by atoms with van der Waals surface area (Å²) >= 11 is 0. The number of rotatable bonds is 8. The maximum atomic E-state index is 13.4. The topological polar surface area (TPSA) is 68.6 Å². The molecule has 3 unspecified atom stereocenters. The highest BCUT2D eigenvalue weighted by atomic mass is 16.5. The van der Waals surface area contributed by atoms with E-state index in [-0.39, 0.29) is 11.6 Å². The van der Waals surface area contributed by atoms with Crippen molar-refractivity contribution >= 4 is 10.9 Å². The predicted molar refractivity (Wildman–Crippen MR) is 116 cm³/mol. The molecule has 0 bridgehead atoms. The van der Waals surface area contributed by atoms with Gasteiger partial charge < -0.3 is 14.8 Å². The second-order valence-corrected chi connectivity index (χ2v) is 8.03. The number of aromatic nitrogens is 2. The van der Waals surface area contributed by atoms with Crippen LogP contribution >= 0.6 is 0 Å². The minimum absolute atomic E-state index is 0.0294. The highest BCUT2D eigenvalue weighted by Gasteiger charge is 2.30. The largest absolute Gasteiger partial charge is 0.497 e. The van der Waals surface area contributed by atoms with Crippen LogP contribution in [-0.2, 0) is 11.3 Å². The van der Waals surface area contributed by atoms with Crippen molar-refractivity contribution in [2.75, 3.05) is 33.9 Å². The molecule has 3 rings (SSSR count). The number of hydrogen-bond donors (Lipinski definition) is 1. The Morgan fingerprint density at radius 2 is 1.97 bits per heavy atom. The molecule has 0 saturated carbocycles. The average molecular weight is 403 g/mol. The highest BCUT2D eigenvalue weighted by molar-refractivity contribution is 5.79. The minimum atomic E-state index is -0.0294. The quantitative estimate of drug-likeness (QED) is 0.732. The average Bonchev–Trinajstić information content (AvgIpc) is 2.70. The summed E-state index contributed by atoms with van der Waals surface area (Å²) in [5.41, 5.74) is 0.690. The van der Waals surface area contributed by atoms with Crippen LogP contribution in [0.1, 0.15) is 45.5 Å². The maximum Gasteiger partial charge on any atom is 0.261 e. The lowest BCUT2D eigenvalue weighted by Crippen LogP contribution is -2.55. The van der Waals surface area contributed by atoms with Crippen LogP contribution in [-0.4, -0.2) is 60.5 Å². The number of benzene rings is 1. The molecule has 1 fully saturated rings. The normalized spacial score (nSPS) is 21.4. The molecule has 1 aliphatic rings. The summed E-state index contributed by atoms with van der Waals surface area (Å²) in [6.45, 7) is 9.45. The summed E-state index contributed by atoms with van der Waals surface area (Å²) in [5.74, 6) is 1.50. The van der Waals surface area contributed by atoms with E-state index in [0.29, 0.717) is 36.4 Å². The van der Waals surface area contributed by atoms with Crippen molar-refractivity contribution < 1.29 is 9.47 Å². The van der Waals surface area contributed by atoms with Gasteiger partial charge in [0.15, 0.2) is 0 Å². The maximum absolute atomic E-state index is 13.4. The molecule has 1 N–H and O–H groups in total. The summed E-state index contributed by atoms with van der Waals surface area (Å²) in [4.78, 5) is 20.9. The Kier molecular flexibility index (Phi) is 7.27. The molecule has 1 saturated heterocycles. The monoisotopic (exact) mass is 402 g/mol. The summed E-state index contributed by atoms with van der Waals surface area (Å²) in [6, 6.07) is 6.43. The van der Waals surface area contributed by atoms with Gasteiger partial charge >= 0.3 is 0 Å². The molecule has 29 heavy (non-hydrogen) atoms. The first-order valence-electron chi connectivity index (χ1n) is 10.6. The van der Waals surface area contributed by atoms with Crippen LogP contribution in [0.3, 0.4) is 0 Å².